The fraction of sp³-hybridized carbons (Fsp3) is 0.421. The molecule has 0 saturated heterocycles. The van der Waals surface area contributed by atoms with E-state index in [2.05, 4.69) is 10.6 Å². The van der Waals surface area contributed by atoms with Crippen molar-refractivity contribution < 1.29 is 24.2 Å². The van der Waals surface area contributed by atoms with Crippen LogP contribution in [0, 0.1) is 0 Å². The highest BCUT2D eigenvalue weighted by Gasteiger charge is 2.25. The molecular weight excluding hydrogens is 336 g/mol. The lowest BCUT2D eigenvalue weighted by atomic mass is 10.1. The smallest absolute Gasteiger partial charge is 0.408 e. The molecule has 1 aromatic rings. The molecule has 1 aromatic carbocycles. The third kappa shape index (κ3) is 8.32. The molecule has 2 atom stereocenters. The van der Waals surface area contributed by atoms with Crippen LogP contribution in [0.4, 0.5) is 4.79 Å². The second kappa shape index (κ2) is 9.60. The van der Waals surface area contributed by atoms with Gasteiger partial charge in [0.1, 0.15) is 17.7 Å². The summed E-state index contributed by atoms with van der Waals surface area (Å²) in [5.41, 5.74) is 0.238. The van der Waals surface area contributed by atoms with Crippen LogP contribution in [0.1, 0.15) is 39.7 Å². The number of benzene rings is 1. The molecule has 0 unspecified atom stereocenters. The van der Waals surface area contributed by atoms with E-state index in [1.54, 1.807) is 26.8 Å². The quantitative estimate of drug-likeness (QED) is 0.691. The van der Waals surface area contributed by atoms with E-state index >= 15 is 0 Å². The van der Waals surface area contributed by atoms with Gasteiger partial charge in [-0.3, -0.25) is 9.59 Å². The Hall–Kier alpha value is -2.83. The van der Waals surface area contributed by atoms with Crippen LogP contribution >= 0.6 is 0 Å². The van der Waals surface area contributed by atoms with E-state index in [-0.39, 0.29) is 6.42 Å². The molecular formula is C19H26N2O5. The van der Waals surface area contributed by atoms with Gasteiger partial charge in [0.15, 0.2) is 0 Å². The fourth-order valence-electron chi connectivity index (χ4n) is 1.96. The Balaban J connectivity index is 2.79. The first-order valence-electron chi connectivity index (χ1n) is 8.33. The van der Waals surface area contributed by atoms with Gasteiger partial charge >= 0.3 is 12.1 Å². The van der Waals surface area contributed by atoms with Gasteiger partial charge in [-0.2, -0.15) is 0 Å². The van der Waals surface area contributed by atoms with Gasteiger partial charge in [-0.15, -0.1) is 0 Å². The van der Waals surface area contributed by atoms with Gasteiger partial charge in [0, 0.05) is 0 Å². The molecule has 0 aliphatic carbocycles. The average molecular weight is 362 g/mol. The molecule has 0 bridgehead atoms. The molecule has 0 aliphatic rings. The van der Waals surface area contributed by atoms with Crippen LogP contribution in [0.25, 0.3) is 6.08 Å². The van der Waals surface area contributed by atoms with Crippen LogP contribution in [0.5, 0.6) is 0 Å². The van der Waals surface area contributed by atoms with Crippen molar-refractivity contribution in [2.24, 2.45) is 0 Å². The molecule has 7 heteroatoms. The molecule has 0 aromatic heterocycles. The minimum atomic E-state index is -1.16. The van der Waals surface area contributed by atoms with E-state index in [4.69, 9.17) is 9.84 Å². The first-order chi connectivity index (χ1) is 12.1. The van der Waals surface area contributed by atoms with E-state index in [9.17, 15) is 14.4 Å². The van der Waals surface area contributed by atoms with Gasteiger partial charge < -0.3 is 20.5 Å². The van der Waals surface area contributed by atoms with Gasteiger partial charge in [0.25, 0.3) is 0 Å². The first-order valence-corrected chi connectivity index (χ1v) is 8.33. The normalized spacial score (nSPS) is 13.7. The Kier molecular flexibility index (Phi) is 7.83. The Bertz CT molecular complexity index is 650. The average Bonchev–Trinajstić information content (AvgIpc) is 2.53. The van der Waals surface area contributed by atoms with E-state index in [1.165, 1.54) is 6.92 Å². The Labute approximate surface area is 153 Å². The monoisotopic (exact) mass is 362 g/mol. The number of aliphatic carboxylic acids is 1. The molecule has 0 aliphatic heterocycles. The van der Waals surface area contributed by atoms with Gasteiger partial charge in [-0.1, -0.05) is 42.5 Å². The van der Waals surface area contributed by atoms with Crippen molar-refractivity contribution in [1.82, 2.24) is 10.6 Å². The number of ether oxygens (including phenoxy) is 1. The number of hydrogen-bond donors (Lipinski definition) is 3. The molecule has 0 radical (unpaired) electrons. The second-order valence-electron chi connectivity index (χ2n) is 6.82. The molecule has 0 heterocycles. The van der Waals surface area contributed by atoms with E-state index < -0.39 is 35.7 Å². The number of hydrogen-bond acceptors (Lipinski definition) is 4. The number of carboxylic acids is 1. The van der Waals surface area contributed by atoms with Gasteiger partial charge in [0.05, 0.1) is 0 Å². The third-order valence-electron chi connectivity index (χ3n) is 3.22. The van der Waals surface area contributed by atoms with Crippen LogP contribution in [0.15, 0.2) is 36.4 Å². The molecule has 0 saturated carbocycles. The number of alkyl carbamates (subject to hydrolysis) is 1. The van der Waals surface area contributed by atoms with E-state index in [0.717, 1.165) is 5.56 Å². The Morgan fingerprint density at radius 2 is 1.77 bits per heavy atom. The van der Waals surface area contributed by atoms with Crippen molar-refractivity contribution in [2.45, 2.75) is 51.8 Å². The SMILES string of the molecule is C[C@H](NC(=O)[C@@H](C/C=C/c1ccccc1)NC(=O)OC(C)(C)C)C(=O)O. The van der Waals surface area contributed by atoms with Crippen molar-refractivity contribution >= 4 is 24.0 Å². The van der Waals surface area contributed by atoms with Gasteiger partial charge in [-0.05, 0) is 39.7 Å². The number of carbonyl (C=O) groups excluding carboxylic acids is 2. The molecule has 2 amide bonds. The summed E-state index contributed by atoms with van der Waals surface area (Å²) in [6.07, 6.45) is 3.00. The molecule has 7 nitrogen and oxygen atoms in total. The Morgan fingerprint density at radius 1 is 1.15 bits per heavy atom. The topological polar surface area (TPSA) is 105 Å². The van der Waals surface area contributed by atoms with E-state index in [0.29, 0.717) is 0 Å². The molecule has 3 N–H and O–H groups in total. The van der Waals surface area contributed by atoms with Crippen LogP contribution in [-0.2, 0) is 14.3 Å². The highest BCUT2D eigenvalue weighted by atomic mass is 16.6. The highest BCUT2D eigenvalue weighted by Crippen LogP contribution is 2.08. The summed E-state index contributed by atoms with van der Waals surface area (Å²) < 4.78 is 5.16. The Morgan fingerprint density at radius 3 is 2.31 bits per heavy atom. The van der Waals surface area contributed by atoms with Crippen molar-refractivity contribution in [2.75, 3.05) is 0 Å². The van der Waals surface area contributed by atoms with Crippen molar-refractivity contribution in [3.8, 4) is 0 Å². The number of carbonyl (C=O) groups is 3. The maximum absolute atomic E-state index is 12.3. The van der Waals surface area contributed by atoms with Gasteiger partial charge in [0.2, 0.25) is 5.91 Å². The lowest BCUT2D eigenvalue weighted by Gasteiger charge is -2.23. The lowest BCUT2D eigenvalue weighted by molar-refractivity contribution is -0.141. The summed E-state index contributed by atoms with van der Waals surface area (Å²) in [5, 5.41) is 13.8. The van der Waals surface area contributed by atoms with Crippen molar-refractivity contribution in [3.63, 3.8) is 0 Å². The summed E-state index contributed by atoms with van der Waals surface area (Å²) in [4.78, 5) is 35.2. The summed E-state index contributed by atoms with van der Waals surface area (Å²) in [5.74, 6) is -1.75. The molecule has 0 fully saturated rings. The predicted molar refractivity (Wildman–Crippen MR) is 98.5 cm³/mol. The highest BCUT2D eigenvalue weighted by molar-refractivity contribution is 5.89. The lowest BCUT2D eigenvalue weighted by Crippen LogP contribution is -2.51. The number of rotatable bonds is 7. The molecule has 26 heavy (non-hydrogen) atoms. The maximum atomic E-state index is 12.3. The standard InChI is InChI=1S/C19H26N2O5/c1-13(17(23)24)20-16(22)15(21-18(25)26-19(2,3)4)12-8-11-14-9-6-5-7-10-14/h5-11,13,15H,12H2,1-4H3,(H,20,22)(H,21,25)(H,23,24)/b11-8+/t13-,15+/m0/s1. The zero-order chi connectivity index (χ0) is 19.7. The van der Waals surface area contributed by atoms with Crippen molar-refractivity contribution in [1.29, 1.82) is 0 Å². The fourth-order valence-corrected chi connectivity index (χ4v) is 1.96. The summed E-state index contributed by atoms with van der Waals surface area (Å²) >= 11 is 0. The number of amides is 2. The molecule has 0 spiro atoms. The van der Waals surface area contributed by atoms with Gasteiger partial charge in [-0.25, -0.2) is 4.79 Å². The number of carboxylic acid groups (broad SMARTS) is 1. The van der Waals surface area contributed by atoms with Crippen LogP contribution in [0.3, 0.4) is 0 Å². The molecule has 1 rings (SSSR count). The van der Waals surface area contributed by atoms with Crippen LogP contribution in [0.2, 0.25) is 0 Å². The summed E-state index contributed by atoms with van der Waals surface area (Å²) in [7, 11) is 0. The third-order valence-corrected chi connectivity index (χ3v) is 3.22. The largest absolute Gasteiger partial charge is 0.480 e. The zero-order valence-electron chi connectivity index (χ0n) is 15.5. The number of nitrogens with one attached hydrogen (secondary N) is 2. The predicted octanol–water partition coefficient (Wildman–Crippen LogP) is 2.57. The minimum absolute atomic E-state index is 0.187. The first kappa shape index (κ1) is 21.2. The van der Waals surface area contributed by atoms with Crippen LogP contribution in [-0.4, -0.2) is 40.8 Å². The molecule has 142 valence electrons. The second-order valence-corrected chi connectivity index (χ2v) is 6.82. The maximum Gasteiger partial charge on any atom is 0.408 e. The van der Waals surface area contributed by atoms with Crippen molar-refractivity contribution in [3.05, 3.63) is 42.0 Å². The van der Waals surface area contributed by atoms with E-state index in [1.807, 2.05) is 36.4 Å². The summed E-state index contributed by atoms with van der Waals surface area (Å²) in [6, 6.07) is 7.45. The minimum Gasteiger partial charge on any atom is -0.480 e. The van der Waals surface area contributed by atoms with Crippen LogP contribution < -0.4 is 10.6 Å². The zero-order valence-corrected chi connectivity index (χ0v) is 15.5. The summed E-state index contributed by atoms with van der Waals surface area (Å²) in [6.45, 7) is 6.49.